The number of hydrogen-bond donors (Lipinski definition) is 3. The smallest absolute Gasteiger partial charge is 0.244 e. The number of aliphatic hydroxyl groups excluding tert-OH is 1. The second-order valence-electron chi connectivity index (χ2n) is 4.03. The Morgan fingerprint density at radius 3 is 2.67 bits per heavy atom. The number of rotatable bonds is 11. The monoisotopic (exact) mass is 321 g/mol. The molecule has 10 heteroatoms. The largest absolute Gasteiger partial charge is 0.389 e. The van der Waals surface area contributed by atoms with Crippen LogP contribution in [0.25, 0.3) is 0 Å². The average Bonchev–Trinajstić information content (AvgIpc) is 2.47. The molecule has 0 radical (unpaired) electrons. The zero-order chi connectivity index (χ0) is 15.5. The van der Waals surface area contributed by atoms with Crippen molar-refractivity contribution in [2.24, 2.45) is 0 Å². The Balaban J connectivity index is 2.08. The maximum atomic E-state index is 9.69. The first-order valence-electron chi connectivity index (χ1n) is 6.35. The predicted molar refractivity (Wildman–Crippen MR) is 77.3 cm³/mol. The lowest BCUT2D eigenvalue weighted by molar-refractivity contribution is -0.00213. The Labute approximate surface area is 127 Å². The Hall–Kier alpha value is -1.26. The summed E-state index contributed by atoms with van der Waals surface area (Å²) in [5, 5.41) is 19.8. The van der Waals surface area contributed by atoms with E-state index in [4.69, 9.17) is 31.5 Å². The van der Waals surface area contributed by atoms with E-state index in [1.807, 2.05) is 0 Å². The predicted octanol–water partition coefficient (Wildman–Crippen LogP) is -0.440. The van der Waals surface area contributed by atoms with Crippen molar-refractivity contribution in [1.29, 1.82) is 0 Å². The van der Waals surface area contributed by atoms with E-state index in [1.54, 1.807) is 7.11 Å². The van der Waals surface area contributed by atoms with Crippen LogP contribution < -0.4 is 11.1 Å². The van der Waals surface area contributed by atoms with Crippen LogP contribution in [-0.4, -0.2) is 73.1 Å². The van der Waals surface area contributed by atoms with Gasteiger partial charge < -0.3 is 30.4 Å². The lowest BCUT2D eigenvalue weighted by Crippen LogP contribution is -2.26. The summed E-state index contributed by atoms with van der Waals surface area (Å²) in [5.74, 6) is 0.270. The van der Waals surface area contributed by atoms with Gasteiger partial charge in [0.1, 0.15) is 0 Å². The number of nitrogen functional groups attached to an aromatic ring is 1. The number of anilines is 2. The Morgan fingerprint density at radius 2 is 1.95 bits per heavy atom. The molecular formula is C11H20ClN5O4. The van der Waals surface area contributed by atoms with E-state index in [-0.39, 0.29) is 30.1 Å². The molecule has 120 valence electrons. The molecule has 1 aromatic rings. The van der Waals surface area contributed by atoms with Gasteiger partial charge in [-0.1, -0.05) is 11.6 Å². The zero-order valence-electron chi connectivity index (χ0n) is 11.8. The maximum Gasteiger partial charge on any atom is 0.244 e. The average molecular weight is 322 g/mol. The molecule has 4 N–H and O–H groups in total. The number of nitrogens with zero attached hydrogens (tertiary/aromatic N) is 3. The van der Waals surface area contributed by atoms with Crippen molar-refractivity contribution >= 4 is 23.4 Å². The molecule has 1 aromatic heterocycles. The molecule has 1 rings (SSSR count). The molecule has 0 aliphatic carbocycles. The normalized spacial score (nSPS) is 12.3. The number of methoxy groups -OCH3 is 1. The van der Waals surface area contributed by atoms with Crippen molar-refractivity contribution in [2.45, 2.75) is 6.10 Å². The second kappa shape index (κ2) is 10.5. The fraction of sp³-hybridized carbons (Fsp3) is 0.727. The van der Waals surface area contributed by atoms with E-state index in [0.717, 1.165) is 0 Å². The van der Waals surface area contributed by atoms with Gasteiger partial charge in [-0.15, -0.1) is 10.2 Å². The topological polar surface area (TPSA) is 125 Å². The second-order valence-corrected chi connectivity index (χ2v) is 4.38. The van der Waals surface area contributed by atoms with Crippen molar-refractivity contribution in [3.8, 4) is 0 Å². The van der Waals surface area contributed by atoms with E-state index in [9.17, 15) is 5.11 Å². The van der Waals surface area contributed by atoms with Crippen molar-refractivity contribution in [3.63, 3.8) is 0 Å². The first-order chi connectivity index (χ1) is 10.1. The Bertz CT molecular complexity index is 412. The Kier molecular flexibility index (Phi) is 8.87. The third-order valence-corrected chi connectivity index (χ3v) is 2.55. The van der Waals surface area contributed by atoms with E-state index < -0.39 is 6.10 Å². The number of halogens is 1. The number of aromatic nitrogens is 3. The maximum absolute atomic E-state index is 9.69. The molecule has 1 atom stereocenters. The van der Waals surface area contributed by atoms with E-state index in [0.29, 0.717) is 26.4 Å². The lowest BCUT2D eigenvalue weighted by atomic mass is 10.4. The number of ether oxygens (including phenoxy) is 3. The summed E-state index contributed by atoms with van der Waals surface area (Å²) in [5.41, 5.74) is 5.48. The zero-order valence-corrected chi connectivity index (χ0v) is 12.5. The van der Waals surface area contributed by atoms with Gasteiger partial charge in [0.05, 0.1) is 39.1 Å². The van der Waals surface area contributed by atoms with Crippen LogP contribution in [0.15, 0.2) is 0 Å². The molecule has 9 nitrogen and oxygen atoms in total. The van der Waals surface area contributed by atoms with Gasteiger partial charge in [0.15, 0.2) is 11.0 Å². The highest BCUT2D eigenvalue weighted by atomic mass is 35.5. The summed E-state index contributed by atoms with van der Waals surface area (Å²) in [6.07, 6.45) is -0.718. The van der Waals surface area contributed by atoms with Crippen LogP contribution in [-0.2, 0) is 14.2 Å². The van der Waals surface area contributed by atoms with Gasteiger partial charge in [0.25, 0.3) is 0 Å². The molecule has 0 bridgehead atoms. The molecule has 0 aliphatic rings. The van der Waals surface area contributed by atoms with Crippen LogP contribution in [0, 0.1) is 0 Å². The van der Waals surface area contributed by atoms with E-state index in [1.165, 1.54) is 0 Å². The van der Waals surface area contributed by atoms with Gasteiger partial charge in [-0.2, -0.15) is 4.98 Å². The minimum Gasteiger partial charge on any atom is -0.389 e. The highest BCUT2D eigenvalue weighted by Gasteiger charge is 2.07. The summed E-state index contributed by atoms with van der Waals surface area (Å²) in [4.78, 5) is 3.86. The fourth-order valence-electron chi connectivity index (χ4n) is 1.25. The summed E-state index contributed by atoms with van der Waals surface area (Å²) in [6, 6.07) is 0. The van der Waals surface area contributed by atoms with Crippen LogP contribution in [0.3, 0.4) is 0 Å². The van der Waals surface area contributed by atoms with Gasteiger partial charge >= 0.3 is 0 Å². The first kappa shape index (κ1) is 17.8. The van der Waals surface area contributed by atoms with Gasteiger partial charge in [-0.3, -0.25) is 0 Å². The van der Waals surface area contributed by atoms with Crippen molar-refractivity contribution in [2.75, 3.05) is 57.7 Å². The minimum atomic E-state index is -0.718. The SMILES string of the molecule is COCCOCCOCC(O)CNc1nnc(Cl)c(N)n1. The van der Waals surface area contributed by atoms with Gasteiger partial charge in [-0.05, 0) is 0 Å². The standard InChI is InChI=1S/C11H20ClN5O4/c1-19-2-3-20-4-5-21-7-8(18)6-14-11-15-10(13)9(12)16-17-11/h8,18H,2-7H2,1H3,(H3,13,14,15,17). The number of nitrogens with one attached hydrogen (secondary N) is 1. The van der Waals surface area contributed by atoms with E-state index >= 15 is 0 Å². The number of nitrogens with two attached hydrogens (primary N) is 1. The summed E-state index contributed by atoms with van der Waals surface area (Å²) < 4.78 is 15.3. The Morgan fingerprint density at radius 1 is 1.24 bits per heavy atom. The van der Waals surface area contributed by atoms with Gasteiger partial charge in [0, 0.05) is 13.7 Å². The van der Waals surface area contributed by atoms with Crippen LogP contribution >= 0.6 is 11.6 Å². The molecule has 0 aliphatic heterocycles. The van der Waals surface area contributed by atoms with Crippen LogP contribution in [0.1, 0.15) is 0 Å². The molecule has 0 spiro atoms. The summed E-state index contributed by atoms with van der Waals surface area (Å²) >= 11 is 5.60. The number of hydrogen-bond acceptors (Lipinski definition) is 9. The highest BCUT2D eigenvalue weighted by Crippen LogP contribution is 2.11. The van der Waals surface area contributed by atoms with Crippen LogP contribution in [0.5, 0.6) is 0 Å². The number of aliphatic hydroxyl groups is 1. The summed E-state index contributed by atoms with van der Waals surface area (Å²) in [7, 11) is 1.61. The van der Waals surface area contributed by atoms with Crippen LogP contribution in [0.2, 0.25) is 5.15 Å². The molecule has 21 heavy (non-hydrogen) atoms. The lowest BCUT2D eigenvalue weighted by Gasteiger charge is -2.12. The molecule has 0 amide bonds. The molecule has 1 unspecified atom stereocenters. The van der Waals surface area contributed by atoms with Crippen LogP contribution in [0.4, 0.5) is 11.8 Å². The molecule has 0 saturated heterocycles. The van der Waals surface area contributed by atoms with Gasteiger partial charge in [0.2, 0.25) is 5.95 Å². The molecular weight excluding hydrogens is 302 g/mol. The first-order valence-corrected chi connectivity index (χ1v) is 6.73. The minimum absolute atomic E-state index is 0.0397. The molecule has 1 heterocycles. The quantitative estimate of drug-likeness (QED) is 0.465. The molecule has 0 aromatic carbocycles. The molecule has 0 saturated carbocycles. The molecule has 0 fully saturated rings. The highest BCUT2D eigenvalue weighted by molar-refractivity contribution is 6.31. The van der Waals surface area contributed by atoms with E-state index in [2.05, 4.69) is 20.5 Å². The van der Waals surface area contributed by atoms with Crippen molar-refractivity contribution in [1.82, 2.24) is 15.2 Å². The van der Waals surface area contributed by atoms with Gasteiger partial charge in [-0.25, -0.2) is 0 Å². The van der Waals surface area contributed by atoms with Crippen molar-refractivity contribution < 1.29 is 19.3 Å². The third-order valence-electron chi connectivity index (χ3n) is 2.28. The van der Waals surface area contributed by atoms with Crippen molar-refractivity contribution in [3.05, 3.63) is 5.15 Å². The fourth-order valence-corrected chi connectivity index (χ4v) is 1.33. The summed E-state index contributed by atoms with van der Waals surface area (Å²) in [6.45, 7) is 2.28. The third kappa shape index (κ3) is 7.93.